The fourth-order valence-corrected chi connectivity index (χ4v) is 3.49. The Balaban J connectivity index is 1.82. The van der Waals surface area contributed by atoms with Crippen LogP contribution < -0.4 is 5.32 Å². The predicted octanol–water partition coefficient (Wildman–Crippen LogP) is 4.62. The highest BCUT2D eigenvalue weighted by Gasteiger charge is 2.19. The molecule has 0 saturated carbocycles. The molecule has 1 amide bonds. The van der Waals surface area contributed by atoms with Crippen LogP contribution in [0, 0.1) is 31.0 Å². The Kier molecular flexibility index (Phi) is 6.18. The van der Waals surface area contributed by atoms with Crippen LogP contribution in [0.25, 0.3) is 6.08 Å². The first-order chi connectivity index (χ1) is 13.4. The lowest BCUT2D eigenvalue weighted by Gasteiger charge is -2.14. The Morgan fingerprint density at radius 2 is 2.25 bits per heavy atom. The molecule has 2 heterocycles. The van der Waals surface area contributed by atoms with Gasteiger partial charge in [0.05, 0.1) is 11.8 Å². The van der Waals surface area contributed by atoms with E-state index in [1.807, 2.05) is 26.0 Å². The normalized spacial score (nSPS) is 16.8. The van der Waals surface area contributed by atoms with Crippen molar-refractivity contribution in [3.05, 3.63) is 57.6 Å². The average Bonchev–Trinajstić information content (AvgIpc) is 3.26. The molecule has 2 aromatic rings. The van der Waals surface area contributed by atoms with Crippen molar-refractivity contribution >= 4 is 29.3 Å². The minimum absolute atomic E-state index is 0.0283. The maximum absolute atomic E-state index is 13.9. The number of nitrogens with zero attached hydrogens (tertiary/aromatic N) is 2. The molecular formula is C21H21ClFN3O2. The summed E-state index contributed by atoms with van der Waals surface area (Å²) in [6, 6.07) is 7.75. The van der Waals surface area contributed by atoms with E-state index in [1.165, 1.54) is 18.2 Å². The molecule has 7 heteroatoms. The van der Waals surface area contributed by atoms with Gasteiger partial charge in [0.25, 0.3) is 5.91 Å². The minimum Gasteiger partial charge on any atom is -0.376 e. The quantitative estimate of drug-likeness (QED) is 0.587. The lowest BCUT2D eigenvalue weighted by Crippen LogP contribution is -2.17. The number of hydrogen-bond donors (Lipinski definition) is 1. The van der Waals surface area contributed by atoms with E-state index in [-0.39, 0.29) is 22.4 Å². The van der Waals surface area contributed by atoms with E-state index >= 15 is 0 Å². The van der Waals surface area contributed by atoms with Crippen LogP contribution in [0.2, 0.25) is 5.02 Å². The molecule has 1 N–H and O–H groups in total. The summed E-state index contributed by atoms with van der Waals surface area (Å²) in [6.45, 7) is 5.46. The van der Waals surface area contributed by atoms with Crippen LogP contribution in [0.4, 0.5) is 10.1 Å². The van der Waals surface area contributed by atoms with Gasteiger partial charge in [-0.1, -0.05) is 11.6 Å². The topological polar surface area (TPSA) is 67.0 Å². The van der Waals surface area contributed by atoms with Gasteiger partial charge in [0.1, 0.15) is 17.5 Å². The fraction of sp³-hybridized carbons (Fsp3) is 0.333. The molecule has 1 aromatic carbocycles. The molecule has 1 saturated heterocycles. The summed E-state index contributed by atoms with van der Waals surface area (Å²) in [5.74, 6) is -1.33. The molecule has 0 bridgehead atoms. The Morgan fingerprint density at radius 3 is 2.89 bits per heavy atom. The standard InChI is InChI=1S/C21H21ClFN3O2/c1-13-8-15(14(2)26(13)12-18-4-3-7-28-18)9-16(11-24)21(27)25-20-6-5-17(22)10-19(20)23/h5-6,8-10,18H,3-4,7,12H2,1-2H3,(H,25,27)/b16-9+/t18-/m1/s1. The van der Waals surface area contributed by atoms with Gasteiger partial charge in [-0.05, 0) is 62.6 Å². The van der Waals surface area contributed by atoms with E-state index in [2.05, 4.69) is 9.88 Å². The molecule has 1 aliphatic heterocycles. The summed E-state index contributed by atoms with van der Waals surface area (Å²) in [5, 5.41) is 12.1. The molecule has 1 atom stereocenters. The molecular weight excluding hydrogens is 381 g/mol. The summed E-state index contributed by atoms with van der Waals surface area (Å²) >= 11 is 5.72. The maximum Gasteiger partial charge on any atom is 0.266 e. The molecule has 0 aliphatic carbocycles. The monoisotopic (exact) mass is 401 g/mol. The number of carbonyl (C=O) groups is 1. The molecule has 5 nitrogen and oxygen atoms in total. The number of benzene rings is 1. The first-order valence-electron chi connectivity index (χ1n) is 9.05. The second-order valence-electron chi connectivity index (χ2n) is 6.82. The van der Waals surface area contributed by atoms with Gasteiger partial charge in [-0.25, -0.2) is 4.39 Å². The average molecular weight is 402 g/mol. The number of aryl methyl sites for hydroxylation is 1. The highest BCUT2D eigenvalue weighted by molar-refractivity contribution is 6.30. The summed E-state index contributed by atoms with van der Waals surface area (Å²) in [6.07, 6.45) is 3.81. The molecule has 146 valence electrons. The smallest absolute Gasteiger partial charge is 0.266 e. The van der Waals surface area contributed by atoms with Crippen LogP contribution in [-0.4, -0.2) is 23.2 Å². The lowest BCUT2D eigenvalue weighted by molar-refractivity contribution is -0.112. The zero-order chi connectivity index (χ0) is 20.3. The van der Waals surface area contributed by atoms with Gasteiger partial charge >= 0.3 is 0 Å². The number of carbonyl (C=O) groups excluding carboxylic acids is 1. The SMILES string of the molecule is Cc1cc(/C=C(\C#N)C(=O)Nc2ccc(Cl)cc2F)c(C)n1C[C@H]1CCCO1. The summed E-state index contributed by atoms with van der Waals surface area (Å²) in [5.41, 5.74) is 2.62. The molecule has 0 spiro atoms. The number of nitrogens with one attached hydrogen (secondary N) is 1. The van der Waals surface area contributed by atoms with Gasteiger partial charge in [0.15, 0.2) is 0 Å². The van der Waals surface area contributed by atoms with Gasteiger partial charge in [-0.3, -0.25) is 4.79 Å². The van der Waals surface area contributed by atoms with Crippen molar-refractivity contribution in [1.29, 1.82) is 5.26 Å². The first kappa shape index (κ1) is 20.1. The maximum atomic E-state index is 13.9. The molecule has 0 radical (unpaired) electrons. The Morgan fingerprint density at radius 1 is 1.46 bits per heavy atom. The molecule has 28 heavy (non-hydrogen) atoms. The third-order valence-electron chi connectivity index (χ3n) is 4.87. The molecule has 3 rings (SSSR count). The fourth-order valence-electron chi connectivity index (χ4n) is 3.33. The number of ether oxygens (including phenoxy) is 1. The van der Waals surface area contributed by atoms with Gasteiger partial charge in [0.2, 0.25) is 0 Å². The summed E-state index contributed by atoms with van der Waals surface area (Å²) < 4.78 is 21.7. The van der Waals surface area contributed by atoms with Crippen LogP contribution in [-0.2, 0) is 16.1 Å². The van der Waals surface area contributed by atoms with Crippen LogP contribution in [0.15, 0.2) is 29.8 Å². The van der Waals surface area contributed by atoms with E-state index in [0.717, 1.165) is 49.0 Å². The molecule has 1 fully saturated rings. The van der Waals surface area contributed by atoms with E-state index in [1.54, 1.807) is 0 Å². The lowest BCUT2D eigenvalue weighted by atomic mass is 10.1. The second-order valence-corrected chi connectivity index (χ2v) is 7.26. The zero-order valence-electron chi connectivity index (χ0n) is 15.8. The highest BCUT2D eigenvalue weighted by Crippen LogP contribution is 2.23. The number of halogens is 2. The second kappa shape index (κ2) is 8.59. The third kappa shape index (κ3) is 4.44. The van der Waals surface area contributed by atoms with Gasteiger partial charge in [0, 0.05) is 29.6 Å². The zero-order valence-corrected chi connectivity index (χ0v) is 16.5. The minimum atomic E-state index is -0.673. The van der Waals surface area contributed by atoms with E-state index in [4.69, 9.17) is 16.3 Å². The Labute approximate surface area is 168 Å². The van der Waals surface area contributed by atoms with Crippen molar-refractivity contribution in [1.82, 2.24) is 4.57 Å². The first-order valence-corrected chi connectivity index (χ1v) is 9.43. The van der Waals surface area contributed by atoms with Crippen molar-refractivity contribution in [3.63, 3.8) is 0 Å². The van der Waals surface area contributed by atoms with Crippen molar-refractivity contribution in [3.8, 4) is 6.07 Å². The number of amides is 1. The number of nitriles is 1. The summed E-state index contributed by atoms with van der Waals surface area (Å²) in [7, 11) is 0. The van der Waals surface area contributed by atoms with Crippen LogP contribution in [0.5, 0.6) is 0 Å². The van der Waals surface area contributed by atoms with Gasteiger partial charge < -0.3 is 14.6 Å². The number of hydrogen-bond acceptors (Lipinski definition) is 3. The van der Waals surface area contributed by atoms with Crippen LogP contribution >= 0.6 is 11.6 Å². The van der Waals surface area contributed by atoms with E-state index in [0.29, 0.717) is 0 Å². The van der Waals surface area contributed by atoms with Crippen molar-refractivity contribution in [2.24, 2.45) is 0 Å². The van der Waals surface area contributed by atoms with E-state index in [9.17, 15) is 14.4 Å². The van der Waals surface area contributed by atoms with Crippen LogP contribution in [0.1, 0.15) is 29.8 Å². The van der Waals surface area contributed by atoms with Gasteiger partial charge in [-0.15, -0.1) is 0 Å². The highest BCUT2D eigenvalue weighted by atomic mass is 35.5. The number of aromatic nitrogens is 1. The molecule has 1 aliphatic rings. The molecule has 1 aromatic heterocycles. The van der Waals surface area contributed by atoms with Crippen molar-refractivity contribution < 1.29 is 13.9 Å². The van der Waals surface area contributed by atoms with Crippen molar-refractivity contribution in [2.75, 3.05) is 11.9 Å². The molecule has 0 unspecified atom stereocenters. The largest absolute Gasteiger partial charge is 0.376 e. The predicted molar refractivity (Wildman–Crippen MR) is 107 cm³/mol. The van der Waals surface area contributed by atoms with Gasteiger partial charge in [-0.2, -0.15) is 5.26 Å². The Hall–Kier alpha value is -2.62. The van der Waals surface area contributed by atoms with Crippen molar-refractivity contribution in [2.45, 2.75) is 39.3 Å². The summed E-state index contributed by atoms with van der Waals surface area (Å²) in [4.78, 5) is 12.4. The van der Waals surface area contributed by atoms with E-state index < -0.39 is 11.7 Å². The third-order valence-corrected chi connectivity index (χ3v) is 5.10. The number of rotatable bonds is 5. The Bertz CT molecular complexity index is 969. The number of anilines is 1. The van der Waals surface area contributed by atoms with Crippen LogP contribution in [0.3, 0.4) is 0 Å².